The van der Waals surface area contributed by atoms with Gasteiger partial charge in [0, 0.05) is 26.4 Å². The van der Waals surface area contributed by atoms with E-state index in [1.54, 1.807) is 49.5 Å². The molecule has 0 fully saturated rings. The number of nitrogens with one attached hydrogen (secondary N) is 2. The molecule has 0 aromatic heterocycles. The average Bonchev–Trinajstić information content (AvgIpc) is 2.69. The molecule has 30 heavy (non-hydrogen) atoms. The summed E-state index contributed by atoms with van der Waals surface area (Å²) in [7, 11) is -1.54. The Kier molecular flexibility index (Phi) is 11.0. The van der Waals surface area contributed by atoms with E-state index in [0.717, 1.165) is 11.1 Å². The van der Waals surface area contributed by atoms with Gasteiger partial charge < -0.3 is 15.4 Å². The van der Waals surface area contributed by atoms with E-state index < -0.39 is 22.9 Å². The van der Waals surface area contributed by atoms with E-state index in [1.165, 1.54) is 6.26 Å². The van der Waals surface area contributed by atoms with Crippen LogP contribution in [0.5, 0.6) is 5.75 Å². The highest BCUT2D eigenvalue weighted by Crippen LogP contribution is 2.14. The molecule has 2 aromatic carbocycles. The molecular weight excluding hydrogens is 527 g/mol. The standard InChI is InChI=1S/C20H25F2N3O3S.HI/c1-23-20(24-11-10-15-6-8-18(9-7-15)29(2,26)27)25-13-16-4-3-5-17(12-16)28-14-19(21)22;/h3-9,12,19H,10-11,13-14H2,1-2H3,(H2,23,24,25);1H. The Labute approximate surface area is 193 Å². The normalized spacial score (nSPS) is 11.7. The number of alkyl halides is 2. The lowest BCUT2D eigenvalue weighted by Crippen LogP contribution is -2.37. The highest BCUT2D eigenvalue weighted by atomic mass is 127. The SMILES string of the molecule is CN=C(NCCc1ccc(S(C)(=O)=O)cc1)NCc1cccc(OCC(F)F)c1.I. The highest BCUT2D eigenvalue weighted by molar-refractivity contribution is 14.0. The summed E-state index contributed by atoms with van der Waals surface area (Å²) in [4.78, 5) is 4.44. The van der Waals surface area contributed by atoms with Gasteiger partial charge in [0.15, 0.2) is 15.8 Å². The van der Waals surface area contributed by atoms with Crippen molar-refractivity contribution in [2.75, 3.05) is 26.5 Å². The Morgan fingerprint density at radius 1 is 1.10 bits per heavy atom. The Morgan fingerprint density at radius 3 is 2.40 bits per heavy atom. The zero-order valence-corrected chi connectivity index (χ0v) is 19.9. The van der Waals surface area contributed by atoms with Crippen molar-refractivity contribution < 1.29 is 21.9 Å². The molecule has 2 N–H and O–H groups in total. The molecular formula is C20H26F2IN3O3S. The number of sulfone groups is 1. The molecule has 6 nitrogen and oxygen atoms in total. The molecule has 0 heterocycles. The lowest BCUT2D eigenvalue weighted by molar-refractivity contribution is 0.0818. The molecule has 0 radical (unpaired) electrons. The van der Waals surface area contributed by atoms with Gasteiger partial charge in [0.1, 0.15) is 12.4 Å². The predicted molar refractivity (Wildman–Crippen MR) is 125 cm³/mol. The number of hydrogen-bond acceptors (Lipinski definition) is 4. The van der Waals surface area contributed by atoms with Gasteiger partial charge in [0.05, 0.1) is 4.90 Å². The van der Waals surface area contributed by atoms with Gasteiger partial charge >= 0.3 is 0 Å². The van der Waals surface area contributed by atoms with E-state index in [-0.39, 0.29) is 24.0 Å². The third-order valence-corrected chi connectivity index (χ3v) is 5.14. The monoisotopic (exact) mass is 553 g/mol. The first-order chi connectivity index (χ1) is 13.8. The molecule has 0 saturated carbocycles. The van der Waals surface area contributed by atoms with Crippen molar-refractivity contribution in [2.45, 2.75) is 24.3 Å². The molecule has 2 rings (SSSR count). The summed E-state index contributed by atoms with van der Waals surface area (Å²) in [5.74, 6) is 0.988. The first-order valence-electron chi connectivity index (χ1n) is 9.01. The van der Waals surface area contributed by atoms with E-state index >= 15 is 0 Å². The number of hydrogen-bond donors (Lipinski definition) is 2. The van der Waals surface area contributed by atoms with Crippen LogP contribution in [0.25, 0.3) is 0 Å². The molecule has 0 bridgehead atoms. The van der Waals surface area contributed by atoms with Crippen LogP contribution < -0.4 is 15.4 Å². The second-order valence-electron chi connectivity index (χ2n) is 6.37. The molecule has 2 aromatic rings. The largest absolute Gasteiger partial charge is 0.488 e. The smallest absolute Gasteiger partial charge is 0.272 e. The lowest BCUT2D eigenvalue weighted by atomic mass is 10.1. The number of ether oxygens (including phenoxy) is 1. The van der Waals surface area contributed by atoms with Crippen LogP contribution in [0.3, 0.4) is 0 Å². The first kappa shape index (κ1) is 26.1. The molecule has 0 unspecified atom stereocenters. The highest BCUT2D eigenvalue weighted by Gasteiger charge is 2.07. The van der Waals surface area contributed by atoms with Crippen LogP contribution >= 0.6 is 24.0 Å². The van der Waals surface area contributed by atoms with Crippen LogP contribution in [-0.4, -0.2) is 47.3 Å². The van der Waals surface area contributed by atoms with Crippen molar-refractivity contribution in [1.82, 2.24) is 10.6 Å². The van der Waals surface area contributed by atoms with Gasteiger partial charge in [-0.15, -0.1) is 24.0 Å². The fourth-order valence-electron chi connectivity index (χ4n) is 2.54. The molecule has 0 aliphatic rings. The Hall–Kier alpha value is -1.95. The average molecular weight is 553 g/mol. The maximum Gasteiger partial charge on any atom is 0.272 e. The number of halogens is 3. The third kappa shape index (κ3) is 9.24. The second-order valence-corrected chi connectivity index (χ2v) is 8.38. The van der Waals surface area contributed by atoms with E-state index in [4.69, 9.17) is 4.74 Å². The van der Waals surface area contributed by atoms with Crippen molar-refractivity contribution in [2.24, 2.45) is 4.99 Å². The Bertz CT molecular complexity index is 923. The molecule has 0 aliphatic carbocycles. The molecule has 0 amide bonds. The maximum atomic E-state index is 12.2. The molecule has 0 atom stereocenters. The van der Waals surface area contributed by atoms with Gasteiger partial charge in [-0.2, -0.15) is 0 Å². The number of benzene rings is 2. The molecule has 0 aliphatic heterocycles. The zero-order chi connectivity index (χ0) is 21.3. The van der Waals surface area contributed by atoms with Crippen LogP contribution in [0.1, 0.15) is 11.1 Å². The first-order valence-corrected chi connectivity index (χ1v) is 10.9. The number of aliphatic imine (C=N–C) groups is 1. The van der Waals surface area contributed by atoms with Gasteiger partial charge in [-0.1, -0.05) is 24.3 Å². The minimum absolute atomic E-state index is 0. The van der Waals surface area contributed by atoms with Gasteiger partial charge in [-0.05, 0) is 41.8 Å². The van der Waals surface area contributed by atoms with Gasteiger partial charge in [-0.25, -0.2) is 17.2 Å². The van der Waals surface area contributed by atoms with Crippen molar-refractivity contribution in [1.29, 1.82) is 0 Å². The van der Waals surface area contributed by atoms with E-state index in [1.807, 2.05) is 6.07 Å². The fraction of sp³-hybridized carbons (Fsp3) is 0.350. The summed E-state index contributed by atoms with van der Waals surface area (Å²) < 4.78 is 52.5. The van der Waals surface area contributed by atoms with Gasteiger partial charge in [0.2, 0.25) is 0 Å². The topological polar surface area (TPSA) is 79.8 Å². The minimum atomic E-state index is -3.19. The molecule has 0 saturated heterocycles. The summed E-state index contributed by atoms with van der Waals surface area (Å²) >= 11 is 0. The summed E-state index contributed by atoms with van der Waals surface area (Å²) in [6, 6.07) is 13.7. The summed E-state index contributed by atoms with van der Waals surface area (Å²) in [6.45, 7) is 0.426. The van der Waals surface area contributed by atoms with E-state index in [2.05, 4.69) is 15.6 Å². The summed E-state index contributed by atoms with van der Waals surface area (Å²) in [5, 5.41) is 6.33. The van der Waals surface area contributed by atoms with Crippen LogP contribution in [0.2, 0.25) is 0 Å². The number of nitrogens with zero attached hydrogens (tertiary/aromatic N) is 1. The molecule has 0 spiro atoms. The van der Waals surface area contributed by atoms with Crippen molar-refractivity contribution >= 4 is 39.8 Å². The second kappa shape index (κ2) is 12.7. The third-order valence-electron chi connectivity index (χ3n) is 4.02. The van der Waals surface area contributed by atoms with E-state index in [9.17, 15) is 17.2 Å². The van der Waals surface area contributed by atoms with Crippen LogP contribution in [0.4, 0.5) is 8.78 Å². The van der Waals surface area contributed by atoms with Gasteiger partial charge in [-0.3, -0.25) is 4.99 Å². The summed E-state index contributed by atoms with van der Waals surface area (Å²) in [5.41, 5.74) is 1.88. The van der Waals surface area contributed by atoms with Crippen LogP contribution in [-0.2, 0) is 22.8 Å². The molecule has 10 heteroatoms. The number of guanidine groups is 1. The zero-order valence-electron chi connectivity index (χ0n) is 16.8. The molecule has 166 valence electrons. The van der Waals surface area contributed by atoms with Crippen molar-refractivity contribution in [3.63, 3.8) is 0 Å². The summed E-state index contributed by atoms with van der Waals surface area (Å²) in [6.07, 6.45) is -0.635. The minimum Gasteiger partial charge on any atom is -0.488 e. The van der Waals surface area contributed by atoms with Crippen molar-refractivity contribution in [3.05, 3.63) is 59.7 Å². The predicted octanol–water partition coefficient (Wildman–Crippen LogP) is 3.26. The fourth-order valence-corrected chi connectivity index (χ4v) is 3.17. The van der Waals surface area contributed by atoms with Crippen LogP contribution in [0, 0.1) is 0 Å². The van der Waals surface area contributed by atoms with Gasteiger partial charge in [0.25, 0.3) is 6.43 Å². The Balaban J connectivity index is 0.00000450. The van der Waals surface area contributed by atoms with Crippen molar-refractivity contribution in [3.8, 4) is 5.75 Å². The lowest BCUT2D eigenvalue weighted by Gasteiger charge is -2.13. The van der Waals surface area contributed by atoms with Crippen LogP contribution in [0.15, 0.2) is 58.4 Å². The van der Waals surface area contributed by atoms with E-state index in [0.29, 0.717) is 36.1 Å². The quantitative estimate of drug-likeness (QED) is 0.283. The number of rotatable bonds is 9. The Morgan fingerprint density at radius 2 is 1.80 bits per heavy atom. The maximum absolute atomic E-state index is 12.2.